The SMILES string of the molecule is CCc1c(Br)nc(OC[C@@H]2CCCN2C)nc1N1CCNCC1. The third kappa shape index (κ3) is 3.95. The second kappa shape index (κ2) is 7.77. The van der Waals surface area contributed by atoms with Gasteiger partial charge in [0.05, 0.1) is 0 Å². The topological polar surface area (TPSA) is 53.5 Å². The molecule has 2 aliphatic heterocycles. The van der Waals surface area contributed by atoms with E-state index in [1.807, 2.05) is 0 Å². The average Bonchev–Trinajstić information content (AvgIpc) is 2.98. The van der Waals surface area contributed by atoms with E-state index in [9.17, 15) is 0 Å². The number of hydrogen-bond donors (Lipinski definition) is 1. The van der Waals surface area contributed by atoms with Gasteiger partial charge in [-0.3, -0.25) is 0 Å². The van der Waals surface area contributed by atoms with Gasteiger partial charge in [-0.25, -0.2) is 0 Å². The van der Waals surface area contributed by atoms with Crippen molar-refractivity contribution in [1.82, 2.24) is 20.2 Å². The van der Waals surface area contributed by atoms with Crippen molar-refractivity contribution in [2.45, 2.75) is 32.2 Å². The predicted octanol–water partition coefficient (Wildman–Crippen LogP) is 1.68. The number of halogens is 1. The van der Waals surface area contributed by atoms with Gasteiger partial charge < -0.3 is 19.9 Å². The van der Waals surface area contributed by atoms with Crippen LogP contribution in [-0.2, 0) is 6.42 Å². The third-order valence-corrected chi connectivity index (χ3v) is 5.42. The molecule has 2 saturated heterocycles. The summed E-state index contributed by atoms with van der Waals surface area (Å²) in [6.07, 6.45) is 3.34. The molecule has 0 radical (unpaired) electrons. The van der Waals surface area contributed by atoms with E-state index in [2.05, 4.69) is 50.0 Å². The summed E-state index contributed by atoms with van der Waals surface area (Å²) in [6.45, 7) is 7.89. The van der Waals surface area contributed by atoms with Gasteiger partial charge in [0.25, 0.3) is 0 Å². The Kier molecular flexibility index (Phi) is 5.71. The van der Waals surface area contributed by atoms with Gasteiger partial charge in [-0.05, 0) is 48.8 Å². The number of hydrogen-bond acceptors (Lipinski definition) is 6. The van der Waals surface area contributed by atoms with Crippen molar-refractivity contribution in [2.75, 3.05) is 51.3 Å². The molecular weight excluding hydrogens is 358 g/mol. The fourth-order valence-electron chi connectivity index (χ4n) is 3.29. The number of ether oxygens (including phenoxy) is 1. The van der Waals surface area contributed by atoms with Crippen LogP contribution in [0.1, 0.15) is 25.3 Å². The zero-order valence-corrected chi connectivity index (χ0v) is 15.6. The van der Waals surface area contributed by atoms with Crippen molar-refractivity contribution in [3.8, 4) is 6.01 Å². The van der Waals surface area contributed by atoms with Crippen LogP contribution in [0.2, 0.25) is 0 Å². The first-order chi connectivity index (χ1) is 11.2. The van der Waals surface area contributed by atoms with E-state index >= 15 is 0 Å². The molecule has 0 aromatic carbocycles. The van der Waals surface area contributed by atoms with Crippen LogP contribution in [0.4, 0.5) is 5.82 Å². The van der Waals surface area contributed by atoms with Crippen molar-refractivity contribution in [3.05, 3.63) is 10.2 Å². The predicted molar refractivity (Wildman–Crippen MR) is 95.3 cm³/mol. The highest BCUT2D eigenvalue weighted by atomic mass is 79.9. The lowest BCUT2D eigenvalue weighted by atomic mass is 10.2. The van der Waals surface area contributed by atoms with E-state index in [-0.39, 0.29) is 0 Å². The summed E-state index contributed by atoms with van der Waals surface area (Å²) >= 11 is 3.61. The Labute approximate surface area is 146 Å². The van der Waals surface area contributed by atoms with Crippen LogP contribution in [0.25, 0.3) is 0 Å². The first-order valence-corrected chi connectivity index (χ1v) is 9.33. The molecule has 0 spiro atoms. The van der Waals surface area contributed by atoms with E-state index in [1.54, 1.807) is 0 Å². The number of nitrogens with one attached hydrogen (secondary N) is 1. The number of piperazine rings is 1. The Balaban J connectivity index is 1.76. The molecule has 128 valence electrons. The van der Waals surface area contributed by atoms with Crippen molar-refractivity contribution in [2.24, 2.45) is 0 Å². The van der Waals surface area contributed by atoms with E-state index in [4.69, 9.17) is 9.72 Å². The standard InChI is InChI=1S/C16H26BrN5O/c1-3-13-14(17)19-16(23-11-12-5-4-8-21(12)2)20-15(13)22-9-6-18-7-10-22/h12,18H,3-11H2,1-2H3/t12-/m0/s1. The lowest BCUT2D eigenvalue weighted by molar-refractivity contribution is 0.187. The summed E-state index contributed by atoms with van der Waals surface area (Å²) in [7, 11) is 2.16. The normalized spacial score (nSPS) is 22.6. The second-order valence-electron chi connectivity index (χ2n) is 6.28. The van der Waals surface area contributed by atoms with Gasteiger partial charge in [-0.2, -0.15) is 9.97 Å². The quantitative estimate of drug-likeness (QED) is 0.780. The fraction of sp³-hybridized carbons (Fsp3) is 0.750. The number of nitrogens with zero attached hydrogens (tertiary/aromatic N) is 4. The number of anilines is 1. The molecular formula is C16H26BrN5O. The first kappa shape index (κ1) is 16.9. The van der Waals surface area contributed by atoms with Crippen LogP contribution in [0.3, 0.4) is 0 Å². The molecule has 1 aromatic rings. The van der Waals surface area contributed by atoms with Crippen LogP contribution in [0.5, 0.6) is 6.01 Å². The zero-order valence-electron chi connectivity index (χ0n) is 14.0. The van der Waals surface area contributed by atoms with Crippen molar-refractivity contribution < 1.29 is 4.74 Å². The second-order valence-corrected chi connectivity index (χ2v) is 7.03. The highest BCUT2D eigenvalue weighted by Gasteiger charge is 2.23. The third-order valence-electron chi connectivity index (χ3n) is 4.76. The van der Waals surface area contributed by atoms with Crippen LogP contribution < -0.4 is 15.0 Å². The molecule has 7 heteroatoms. The van der Waals surface area contributed by atoms with Crippen LogP contribution in [0.15, 0.2) is 4.60 Å². The summed E-state index contributed by atoms with van der Waals surface area (Å²) in [5.74, 6) is 1.02. The van der Waals surface area contributed by atoms with Gasteiger partial charge in [0, 0.05) is 37.8 Å². The Morgan fingerprint density at radius 2 is 2.04 bits per heavy atom. The summed E-state index contributed by atoms with van der Waals surface area (Å²) in [4.78, 5) is 13.9. The van der Waals surface area contributed by atoms with E-state index in [1.165, 1.54) is 12.8 Å². The molecule has 3 heterocycles. The minimum absolute atomic E-state index is 0.478. The molecule has 0 unspecified atom stereocenters. The highest BCUT2D eigenvalue weighted by molar-refractivity contribution is 9.10. The maximum Gasteiger partial charge on any atom is 0.319 e. The van der Waals surface area contributed by atoms with Crippen LogP contribution in [-0.4, -0.2) is 67.3 Å². The molecule has 2 fully saturated rings. The Morgan fingerprint density at radius 3 is 2.70 bits per heavy atom. The highest BCUT2D eigenvalue weighted by Crippen LogP contribution is 2.28. The monoisotopic (exact) mass is 383 g/mol. The van der Waals surface area contributed by atoms with Gasteiger partial charge in [0.1, 0.15) is 17.0 Å². The van der Waals surface area contributed by atoms with Crippen molar-refractivity contribution in [1.29, 1.82) is 0 Å². The maximum absolute atomic E-state index is 5.94. The molecule has 23 heavy (non-hydrogen) atoms. The van der Waals surface area contributed by atoms with Crippen molar-refractivity contribution >= 4 is 21.7 Å². The first-order valence-electron chi connectivity index (χ1n) is 8.54. The average molecular weight is 384 g/mol. The minimum Gasteiger partial charge on any atom is -0.462 e. The van der Waals surface area contributed by atoms with E-state index in [0.29, 0.717) is 18.7 Å². The van der Waals surface area contributed by atoms with Gasteiger partial charge in [0.2, 0.25) is 0 Å². The molecule has 1 atom stereocenters. The number of rotatable bonds is 5. The summed E-state index contributed by atoms with van der Waals surface area (Å²) in [5, 5.41) is 3.38. The molecule has 0 saturated carbocycles. The smallest absolute Gasteiger partial charge is 0.319 e. The summed E-state index contributed by atoms with van der Waals surface area (Å²) < 4.78 is 6.80. The van der Waals surface area contributed by atoms with Crippen LogP contribution >= 0.6 is 15.9 Å². The zero-order chi connectivity index (χ0) is 16.2. The lowest BCUT2D eigenvalue weighted by Gasteiger charge is -2.30. The largest absolute Gasteiger partial charge is 0.462 e. The molecule has 2 aliphatic rings. The van der Waals surface area contributed by atoms with E-state index < -0.39 is 0 Å². The molecule has 0 bridgehead atoms. The Hall–Kier alpha value is -0.920. The molecule has 0 aliphatic carbocycles. The maximum atomic E-state index is 5.94. The van der Waals surface area contributed by atoms with Crippen LogP contribution in [0, 0.1) is 0 Å². The fourth-order valence-corrected chi connectivity index (χ4v) is 3.90. The molecule has 6 nitrogen and oxygen atoms in total. The molecule has 1 aromatic heterocycles. The number of likely N-dealkylation sites (tertiary alicyclic amines) is 1. The van der Waals surface area contributed by atoms with Gasteiger partial charge in [-0.1, -0.05) is 6.92 Å². The molecule has 1 N–H and O–H groups in total. The van der Waals surface area contributed by atoms with E-state index in [0.717, 1.165) is 55.1 Å². The van der Waals surface area contributed by atoms with Gasteiger partial charge in [0.15, 0.2) is 0 Å². The summed E-state index contributed by atoms with van der Waals surface area (Å²) in [6, 6.07) is 0.966. The number of aromatic nitrogens is 2. The van der Waals surface area contributed by atoms with Gasteiger partial charge in [-0.15, -0.1) is 0 Å². The lowest BCUT2D eigenvalue weighted by Crippen LogP contribution is -2.44. The summed E-state index contributed by atoms with van der Waals surface area (Å²) in [5.41, 5.74) is 1.16. The number of likely N-dealkylation sites (N-methyl/N-ethyl adjacent to an activating group) is 1. The molecule has 3 rings (SSSR count). The van der Waals surface area contributed by atoms with Gasteiger partial charge >= 0.3 is 6.01 Å². The minimum atomic E-state index is 0.478. The molecule has 0 amide bonds. The van der Waals surface area contributed by atoms with Crippen molar-refractivity contribution in [3.63, 3.8) is 0 Å². The Bertz CT molecular complexity index is 535. The Morgan fingerprint density at radius 1 is 1.26 bits per heavy atom.